The van der Waals surface area contributed by atoms with E-state index in [0.29, 0.717) is 50.8 Å². The molecule has 0 aliphatic carbocycles. The van der Waals surface area contributed by atoms with E-state index in [1.165, 1.54) is 11.3 Å². The van der Waals surface area contributed by atoms with Crippen LogP contribution >= 0.6 is 11.3 Å². The number of rotatable bonds is 7. The molecule has 0 bridgehead atoms. The van der Waals surface area contributed by atoms with Crippen LogP contribution < -0.4 is 24.4 Å². The molecule has 1 aliphatic heterocycles. The van der Waals surface area contributed by atoms with Gasteiger partial charge in [0.1, 0.15) is 17.5 Å². The van der Waals surface area contributed by atoms with Gasteiger partial charge in [-0.3, -0.25) is 14.2 Å². The molecule has 8 nitrogen and oxygen atoms in total. The van der Waals surface area contributed by atoms with Gasteiger partial charge in [-0.25, -0.2) is 4.99 Å². The van der Waals surface area contributed by atoms with Gasteiger partial charge in [0.2, 0.25) is 0 Å². The van der Waals surface area contributed by atoms with E-state index in [-0.39, 0.29) is 11.5 Å². The van der Waals surface area contributed by atoms with Crippen molar-refractivity contribution in [3.63, 3.8) is 0 Å². The molecular formula is C29H30N4O4S. The highest BCUT2D eigenvalue weighted by Gasteiger charge is 2.36. The molecule has 2 aromatic heterocycles. The van der Waals surface area contributed by atoms with E-state index in [0.717, 1.165) is 16.5 Å². The Labute approximate surface area is 224 Å². The number of carbonyl (C=O) groups excluding carboxylic acids is 1. The highest BCUT2D eigenvalue weighted by Crippen LogP contribution is 2.38. The summed E-state index contributed by atoms with van der Waals surface area (Å²) in [6.07, 6.45) is 3.78. The summed E-state index contributed by atoms with van der Waals surface area (Å²) in [4.78, 5) is 38.2. The summed E-state index contributed by atoms with van der Waals surface area (Å²) >= 11 is 1.31. The first kappa shape index (κ1) is 25.5. The molecule has 0 fully saturated rings. The van der Waals surface area contributed by atoms with Crippen LogP contribution in [-0.2, 0) is 4.79 Å². The lowest BCUT2D eigenvalue weighted by Gasteiger charge is -2.30. The van der Waals surface area contributed by atoms with Crippen LogP contribution in [0.1, 0.15) is 37.9 Å². The Balaban J connectivity index is 1.79. The van der Waals surface area contributed by atoms with Crippen LogP contribution in [0.25, 0.3) is 17.0 Å². The minimum Gasteiger partial charge on any atom is -0.497 e. The maximum absolute atomic E-state index is 14.0. The second-order valence-corrected chi connectivity index (χ2v) is 9.97. The molecule has 1 unspecified atom stereocenters. The van der Waals surface area contributed by atoms with Crippen LogP contribution in [0, 0.1) is 0 Å². The summed E-state index contributed by atoms with van der Waals surface area (Å²) in [5.74, 6) is 1.00. The van der Waals surface area contributed by atoms with Gasteiger partial charge in [0.25, 0.3) is 11.5 Å². The van der Waals surface area contributed by atoms with Gasteiger partial charge in [-0.05, 0) is 51.1 Å². The van der Waals surface area contributed by atoms with Crippen LogP contribution in [0.3, 0.4) is 0 Å². The Morgan fingerprint density at radius 1 is 1.16 bits per heavy atom. The minimum atomic E-state index is -0.727. The van der Waals surface area contributed by atoms with Crippen molar-refractivity contribution in [1.29, 1.82) is 0 Å². The molecule has 1 N–H and O–H groups in total. The number of allylic oxidation sites excluding steroid dienone is 1. The number of hydrogen-bond donors (Lipinski definition) is 1. The van der Waals surface area contributed by atoms with Crippen molar-refractivity contribution < 1.29 is 14.3 Å². The summed E-state index contributed by atoms with van der Waals surface area (Å²) in [5, 5.41) is 1.03. The molecule has 38 heavy (non-hydrogen) atoms. The van der Waals surface area contributed by atoms with Gasteiger partial charge < -0.3 is 19.4 Å². The predicted molar refractivity (Wildman–Crippen MR) is 150 cm³/mol. The van der Waals surface area contributed by atoms with Crippen molar-refractivity contribution in [3.8, 4) is 11.5 Å². The molecule has 9 heteroatoms. The highest BCUT2D eigenvalue weighted by atomic mass is 32.1. The normalized spacial score (nSPS) is 15.4. The number of nitrogens with one attached hydrogen (secondary N) is 1. The third kappa shape index (κ3) is 4.22. The molecule has 1 amide bonds. The van der Waals surface area contributed by atoms with Gasteiger partial charge in [-0.2, -0.15) is 0 Å². The number of benzene rings is 2. The Morgan fingerprint density at radius 3 is 2.63 bits per heavy atom. The van der Waals surface area contributed by atoms with Crippen LogP contribution in [0.5, 0.6) is 11.5 Å². The van der Waals surface area contributed by atoms with Gasteiger partial charge in [-0.15, -0.1) is 0 Å². The van der Waals surface area contributed by atoms with Crippen molar-refractivity contribution in [1.82, 2.24) is 14.5 Å². The number of nitrogens with zero attached hydrogens (tertiary/aromatic N) is 3. The smallest absolute Gasteiger partial charge is 0.271 e. The molecule has 0 radical (unpaired) electrons. The molecule has 1 aliphatic rings. The topological polar surface area (TPSA) is 88.9 Å². The van der Waals surface area contributed by atoms with Gasteiger partial charge in [-0.1, -0.05) is 29.5 Å². The first-order valence-corrected chi connectivity index (χ1v) is 13.3. The monoisotopic (exact) mass is 530 g/mol. The first-order valence-electron chi connectivity index (χ1n) is 12.5. The van der Waals surface area contributed by atoms with Crippen LogP contribution in [0.2, 0.25) is 0 Å². The molecular weight excluding hydrogens is 500 g/mol. The lowest BCUT2D eigenvalue weighted by Crippen LogP contribution is -2.43. The number of aromatic nitrogens is 2. The summed E-state index contributed by atoms with van der Waals surface area (Å²) in [5.41, 5.74) is 3.38. The number of amides is 1. The maximum Gasteiger partial charge on any atom is 0.271 e. The molecule has 196 valence electrons. The van der Waals surface area contributed by atoms with Crippen molar-refractivity contribution >= 4 is 34.2 Å². The summed E-state index contributed by atoms with van der Waals surface area (Å²) in [6.45, 7) is 6.79. The number of para-hydroxylation sites is 1. The second kappa shape index (κ2) is 10.3. The average Bonchev–Trinajstić information content (AvgIpc) is 3.48. The van der Waals surface area contributed by atoms with E-state index in [1.807, 2.05) is 63.4 Å². The van der Waals surface area contributed by atoms with Crippen molar-refractivity contribution in [2.75, 3.05) is 27.3 Å². The quantitative estimate of drug-likeness (QED) is 0.396. The number of H-pyrrole nitrogens is 1. The number of methoxy groups -OCH3 is 2. The molecule has 4 aromatic rings. The number of likely N-dealkylation sites (N-methyl/N-ethyl adjacent to an activating group) is 1. The van der Waals surface area contributed by atoms with Crippen molar-refractivity contribution in [3.05, 3.63) is 90.7 Å². The largest absolute Gasteiger partial charge is 0.497 e. The van der Waals surface area contributed by atoms with Crippen molar-refractivity contribution in [2.45, 2.75) is 26.8 Å². The van der Waals surface area contributed by atoms with Crippen LogP contribution in [0.4, 0.5) is 0 Å². The zero-order chi connectivity index (χ0) is 27.0. The molecule has 1 atom stereocenters. The lowest BCUT2D eigenvalue weighted by molar-refractivity contribution is -0.127. The average molecular weight is 531 g/mol. The fraction of sp³-hybridized carbons (Fsp3) is 0.276. The van der Waals surface area contributed by atoms with Gasteiger partial charge in [0.15, 0.2) is 4.80 Å². The van der Waals surface area contributed by atoms with E-state index < -0.39 is 6.04 Å². The fourth-order valence-corrected chi connectivity index (χ4v) is 6.02. The molecule has 0 saturated heterocycles. The third-order valence-corrected chi connectivity index (χ3v) is 7.92. The van der Waals surface area contributed by atoms with Crippen molar-refractivity contribution in [2.24, 2.45) is 4.99 Å². The molecule has 0 saturated carbocycles. The van der Waals surface area contributed by atoms with Crippen LogP contribution in [-0.4, -0.2) is 47.7 Å². The SMILES string of the molecule is CCN(CC)C(=O)C1=C(C)N=c2s/c(=C\c3c[nH]c4ccccc34)c(=O)n2C1c1cc(OC)ccc1OC. The Kier molecular flexibility index (Phi) is 6.94. The first-order chi connectivity index (χ1) is 18.4. The van der Waals surface area contributed by atoms with E-state index in [4.69, 9.17) is 14.5 Å². The molecule has 3 heterocycles. The number of ether oxygens (including phenoxy) is 2. The van der Waals surface area contributed by atoms with E-state index in [1.54, 1.807) is 35.8 Å². The Hall–Kier alpha value is -4.11. The zero-order valence-electron chi connectivity index (χ0n) is 22.1. The number of aromatic amines is 1. The molecule has 0 spiro atoms. The predicted octanol–water partition coefficient (Wildman–Crippen LogP) is 3.60. The molecule has 5 rings (SSSR count). The number of thiazole rings is 1. The second-order valence-electron chi connectivity index (χ2n) is 8.96. The summed E-state index contributed by atoms with van der Waals surface area (Å²) in [6, 6.07) is 12.6. The fourth-order valence-electron chi connectivity index (χ4n) is 4.98. The lowest BCUT2D eigenvalue weighted by atomic mass is 9.93. The summed E-state index contributed by atoms with van der Waals surface area (Å²) in [7, 11) is 3.16. The highest BCUT2D eigenvalue weighted by molar-refractivity contribution is 7.07. The van der Waals surface area contributed by atoms with Gasteiger partial charge >= 0.3 is 0 Å². The maximum atomic E-state index is 14.0. The van der Waals surface area contributed by atoms with E-state index in [2.05, 4.69) is 4.98 Å². The van der Waals surface area contributed by atoms with E-state index in [9.17, 15) is 9.59 Å². The number of fused-ring (bicyclic) bond motifs is 2. The van der Waals surface area contributed by atoms with Gasteiger partial charge in [0, 0.05) is 41.3 Å². The number of hydrogen-bond acceptors (Lipinski definition) is 6. The third-order valence-electron chi connectivity index (χ3n) is 6.94. The van der Waals surface area contributed by atoms with Crippen LogP contribution in [0.15, 0.2) is 69.7 Å². The molecule has 2 aromatic carbocycles. The zero-order valence-corrected chi connectivity index (χ0v) is 22.9. The number of carbonyl (C=O) groups is 1. The Morgan fingerprint density at radius 2 is 1.92 bits per heavy atom. The minimum absolute atomic E-state index is 0.156. The summed E-state index contributed by atoms with van der Waals surface area (Å²) < 4.78 is 13.4. The Bertz CT molecular complexity index is 1740. The van der Waals surface area contributed by atoms with Gasteiger partial charge in [0.05, 0.1) is 30.0 Å². The van der Waals surface area contributed by atoms with E-state index >= 15 is 0 Å². The standard InChI is InChI=1S/C29H30N4O4S/c1-6-32(7-2)28(35)25-17(3)31-29-33(26(25)21-15-19(36-4)12-13-23(21)37-5)27(34)24(38-29)14-18-16-30-22-11-9-8-10-20(18)22/h8-16,26,30H,6-7H2,1-5H3/b24-14-.